The molecule has 1 atom stereocenters. The summed E-state index contributed by atoms with van der Waals surface area (Å²) >= 11 is 5.72. The quantitative estimate of drug-likeness (QED) is 0.742. The van der Waals surface area contributed by atoms with Gasteiger partial charge in [0.25, 0.3) is 0 Å². The average molecular weight is 444 g/mol. The Morgan fingerprint density at radius 2 is 1.90 bits per heavy atom. The fourth-order valence-electron chi connectivity index (χ4n) is 2.82. The highest BCUT2D eigenvalue weighted by Crippen LogP contribution is 2.26. The Labute approximate surface area is 175 Å². The van der Waals surface area contributed by atoms with Gasteiger partial charge in [0.1, 0.15) is 11.8 Å². The molecule has 160 valence electrons. The van der Waals surface area contributed by atoms with Crippen LogP contribution in [0.25, 0.3) is 0 Å². The first kappa shape index (κ1) is 23.2. The molecule has 1 aliphatic rings. The number of halogens is 1. The molecular weight excluding hydrogens is 418 g/mol. The van der Waals surface area contributed by atoms with Gasteiger partial charge in [-0.15, -0.1) is 0 Å². The lowest BCUT2D eigenvalue weighted by molar-refractivity contribution is -0.142. The van der Waals surface area contributed by atoms with Gasteiger partial charge >= 0.3 is 5.97 Å². The van der Waals surface area contributed by atoms with E-state index in [0.717, 1.165) is 16.5 Å². The number of sulfonamides is 1. The van der Waals surface area contributed by atoms with Gasteiger partial charge in [0.05, 0.1) is 4.90 Å². The second kappa shape index (κ2) is 9.15. The lowest BCUT2D eigenvalue weighted by Crippen LogP contribution is -2.47. The molecule has 2 heterocycles. The zero-order valence-corrected chi connectivity index (χ0v) is 18.2. The summed E-state index contributed by atoms with van der Waals surface area (Å²) < 4.78 is 30.9. The van der Waals surface area contributed by atoms with Gasteiger partial charge in [0.2, 0.25) is 10.0 Å². The summed E-state index contributed by atoms with van der Waals surface area (Å²) in [6.07, 6.45) is 1.75. The largest absolute Gasteiger partial charge is 0.480 e. The summed E-state index contributed by atoms with van der Waals surface area (Å²) in [5.74, 6) is 0.173. The fourth-order valence-corrected chi connectivity index (χ4v) is 4.60. The average Bonchev–Trinajstić information content (AvgIpc) is 3.09. The third-order valence-corrected chi connectivity index (χ3v) is 6.60. The van der Waals surface area contributed by atoms with Gasteiger partial charge in [0.15, 0.2) is 5.82 Å². The van der Waals surface area contributed by atoms with Crippen molar-refractivity contribution in [2.75, 3.05) is 12.3 Å². The van der Waals surface area contributed by atoms with E-state index in [0.29, 0.717) is 23.7 Å². The molecule has 0 saturated carbocycles. The van der Waals surface area contributed by atoms with Crippen molar-refractivity contribution in [3.05, 3.63) is 41.1 Å². The first-order chi connectivity index (χ1) is 13.4. The highest BCUT2D eigenvalue weighted by atomic mass is 35.5. The zero-order valence-electron chi connectivity index (χ0n) is 16.6. The lowest BCUT2D eigenvalue weighted by atomic mass is 9.93. The number of carboxylic acids is 1. The van der Waals surface area contributed by atoms with Crippen molar-refractivity contribution in [3.8, 4) is 0 Å². The van der Waals surface area contributed by atoms with E-state index < -0.39 is 22.0 Å². The molecule has 0 aliphatic carbocycles. The monoisotopic (exact) mass is 443 g/mol. The number of aromatic nitrogens is 1. The summed E-state index contributed by atoms with van der Waals surface area (Å²) in [7, 11) is -3.78. The summed E-state index contributed by atoms with van der Waals surface area (Å²) in [4.78, 5) is 11.2. The van der Waals surface area contributed by atoms with Crippen LogP contribution in [0.1, 0.15) is 45.8 Å². The third kappa shape index (κ3) is 5.94. The minimum Gasteiger partial charge on any atom is -0.480 e. The van der Waals surface area contributed by atoms with Gasteiger partial charge in [-0.1, -0.05) is 37.5 Å². The maximum Gasteiger partial charge on any atom is 0.322 e. The van der Waals surface area contributed by atoms with Crippen molar-refractivity contribution in [3.63, 3.8) is 0 Å². The topological polar surface area (TPSA) is 127 Å². The minimum absolute atomic E-state index is 0.00458. The van der Waals surface area contributed by atoms with Crippen LogP contribution in [0.5, 0.6) is 0 Å². The Bertz CT molecular complexity index is 935. The van der Waals surface area contributed by atoms with Crippen LogP contribution in [-0.4, -0.2) is 41.5 Å². The number of anilines is 1. The summed E-state index contributed by atoms with van der Waals surface area (Å²) in [6, 6.07) is 6.52. The van der Waals surface area contributed by atoms with E-state index in [2.05, 4.69) is 5.16 Å². The molecule has 0 bridgehead atoms. The van der Waals surface area contributed by atoms with Gasteiger partial charge in [-0.25, -0.2) is 8.42 Å². The number of carbonyl (C=O) groups is 1. The SMILES string of the molecule is CC(C)(C)c1cc(N)no1.O=C(O)[C@@H]1CCCCN1S(=O)(=O)c1ccc(Cl)cc1. The second-order valence-electron chi connectivity index (χ2n) is 7.79. The van der Waals surface area contributed by atoms with Gasteiger partial charge < -0.3 is 15.4 Å². The zero-order chi connectivity index (χ0) is 21.8. The summed E-state index contributed by atoms with van der Waals surface area (Å²) in [6.45, 7) is 6.38. The summed E-state index contributed by atoms with van der Waals surface area (Å²) in [5.41, 5.74) is 5.38. The second-order valence-corrected chi connectivity index (χ2v) is 10.1. The van der Waals surface area contributed by atoms with Gasteiger partial charge in [0, 0.05) is 23.0 Å². The maximum atomic E-state index is 12.4. The number of nitrogens with zero attached hydrogens (tertiary/aromatic N) is 2. The Kier molecular flexibility index (Phi) is 7.31. The van der Waals surface area contributed by atoms with Crippen molar-refractivity contribution in [2.24, 2.45) is 0 Å². The van der Waals surface area contributed by atoms with Crippen LogP contribution < -0.4 is 5.73 Å². The smallest absolute Gasteiger partial charge is 0.322 e. The predicted molar refractivity (Wildman–Crippen MR) is 110 cm³/mol. The lowest BCUT2D eigenvalue weighted by Gasteiger charge is -2.31. The third-order valence-electron chi connectivity index (χ3n) is 4.43. The standard InChI is InChI=1S/C12H14ClNO4S.C7H12N2O/c13-9-4-6-10(7-5-9)19(17,18)14-8-2-1-3-11(14)12(15)16;1-7(2,3)5-4-6(8)9-10-5/h4-7,11H,1-3,8H2,(H,15,16);4H,1-3H3,(H2,8,9)/t11-;/m0./s1. The van der Waals surface area contributed by atoms with Crippen LogP contribution in [0.15, 0.2) is 39.8 Å². The van der Waals surface area contributed by atoms with Crippen LogP contribution in [0, 0.1) is 0 Å². The van der Waals surface area contributed by atoms with Gasteiger partial charge in [-0.05, 0) is 43.5 Å². The van der Waals surface area contributed by atoms with Crippen molar-refractivity contribution >= 4 is 33.4 Å². The molecule has 1 fully saturated rings. The Balaban J connectivity index is 0.000000253. The van der Waals surface area contributed by atoms with E-state index in [1.54, 1.807) is 6.07 Å². The highest BCUT2D eigenvalue weighted by molar-refractivity contribution is 7.89. The molecule has 2 aromatic rings. The van der Waals surface area contributed by atoms with Crippen LogP contribution in [0.2, 0.25) is 5.02 Å². The Morgan fingerprint density at radius 3 is 2.34 bits per heavy atom. The number of nitrogen functional groups attached to an aromatic ring is 1. The number of nitrogens with two attached hydrogens (primary N) is 1. The van der Waals surface area contributed by atoms with E-state index in [-0.39, 0.29) is 16.9 Å². The predicted octanol–water partition coefficient (Wildman–Crippen LogP) is 3.52. The summed E-state index contributed by atoms with van der Waals surface area (Å²) in [5, 5.41) is 13.2. The van der Waals surface area contributed by atoms with Crippen LogP contribution in [-0.2, 0) is 20.2 Å². The van der Waals surface area contributed by atoms with Crippen molar-refractivity contribution in [2.45, 2.75) is 56.4 Å². The van der Waals surface area contributed by atoms with Gasteiger partial charge in [-0.3, -0.25) is 4.79 Å². The highest BCUT2D eigenvalue weighted by Gasteiger charge is 2.37. The molecule has 1 saturated heterocycles. The molecule has 10 heteroatoms. The van der Waals surface area contributed by atoms with Crippen LogP contribution in [0.3, 0.4) is 0 Å². The van der Waals surface area contributed by atoms with Crippen molar-refractivity contribution in [1.29, 1.82) is 0 Å². The van der Waals surface area contributed by atoms with E-state index >= 15 is 0 Å². The molecule has 1 aliphatic heterocycles. The molecule has 1 aromatic carbocycles. The number of rotatable bonds is 3. The molecule has 0 amide bonds. The van der Waals surface area contributed by atoms with Gasteiger partial charge in [-0.2, -0.15) is 4.31 Å². The molecule has 0 radical (unpaired) electrons. The first-order valence-corrected chi connectivity index (χ1v) is 11.0. The molecule has 3 rings (SSSR count). The van der Waals surface area contributed by atoms with E-state index in [1.165, 1.54) is 24.3 Å². The van der Waals surface area contributed by atoms with E-state index in [9.17, 15) is 13.2 Å². The number of aliphatic carboxylic acids is 1. The molecule has 1 aromatic heterocycles. The molecule has 29 heavy (non-hydrogen) atoms. The first-order valence-electron chi connectivity index (χ1n) is 9.16. The van der Waals surface area contributed by atoms with E-state index in [1.807, 2.05) is 20.8 Å². The molecule has 8 nitrogen and oxygen atoms in total. The number of hydrogen-bond acceptors (Lipinski definition) is 6. The number of hydrogen-bond donors (Lipinski definition) is 2. The number of benzene rings is 1. The molecule has 0 spiro atoms. The van der Waals surface area contributed by atoms with Crippen molar-refractivity contribution < 1.29 is 22.8 Å². The minimum atomic E-state index is -3.78. The number of piperidine rings is 1. The number of carboxylic acid groups (broad SMARTS) is 1. The molecule has 3 N–H and O–H groups in total. The van der Waals surface area contributed by atoms with Crippen LogP contribution >= 0.6 is 11.6 Å². The Hall–Kier alpha value is -2.10. The van der Waals surface area contributed by atoms with E-state index in [4.69, 9.17) is 27.0 Å². The maximum absolute atomic E-state index is 12.4. The normalized spacial score (nSPS) is 18.0. The Morgan fingerprint density at radius 1 is 1.28 bits per heavy atom. The fraction of sp³-hybridized carbons (Fsp3) is 0.474. The van der Waals surface area contributed by atoms with Crippen LogP contribution in [0.4, 0.5) is 5.82 Å². The molecular formula is C19H26ClN3O5S. The molecule has 0 unspecified atom stereocenters. The van der Waals surface area contributed by atoms with Crippen molar-refractivity contribution in [1.82, 2.24) is 9.46 Å².